The number of thiophene rings is 1. The van der Waals surface area contributed by atoms with Crippen LogP contribution in [0.3, 0.4) is 0 Å². The molecule has 0 aliphatic heterocycles. The lowest BCUT2D eigenvalue weighted by Crippen LogP contribution is -2.03. The predicted molar refractivity (Wildman–Crippen MR) is 88.1 cm³/mol. The van der Waals surface area contributed by atoms with E-state index in [1.165, 1.54) is 5.56 Å². The second-order valence-corrected chi connectivity index (χ2v) is 6.43. The number of ether oxygens (including phenoxy) is 2. The Morgan fingerprint density at radius 2 is 1.95 bits per heavy atom. The highest BCUT2D eigenvalue weighted by Crippen LogP contribution is 2.30. The molecular formula is C15H18BrNO2S. The van der Waals surface area contributed by atoms with Crippen molar-refractivity contribution in [3.63, 3.8) is 0 Å². The van der Waals surface area contributed by atoms with Gasteiger partial charge in [-0.25, -0.2) is 0 Å². The maximum atomic E-state index is 5.64. The third-order valence-corrected chi connectivity index (χ3v) is 4.22. The van der Waals surface area contributed by atoms with Crippen LogP contribution >= 0.6 is 27.3 Å². The molecule has 0 saturated heterocycles. The quantitative estimate of drug-likeness (QED) is 0.764. The Bertz CT molecular complexity index is 557. The second kappa shape index (κ2) is 7.55. The lowest BCUT2D eigenvalue weighted by atomic mass is 10.2. The molecule has 2 aromatic rings. The summed E-state index contributed by atoms with van der Waals surface area (Å²) in [5, 5.41) is 5.54. The Morgan fingerprint density at radius 1 is 1.15 bits per heavy atom. The predicted octanol–water partition coefficient (Wildman–Crippen LogP) is 4.92. The molecule has 0 aliphatic rings. The fraction of sp³-hybridized carbons (Fsp3) is 0.333. The number of hydrogen-bond acceptors (Lipinski definition) is 4. The van der Waals surface area contributed by atoms with Gasteiger partial charge in [0.1, 0.15) is 11.5 Å². The fourth-order valence-electron chi connectivity index (χ4n) is 1.82. The van der Waals surface area contributed by atoms with Gasteiger partial charge < -0.3 is 14.8 Å². The molecule has 2 rings (SSSR count). The smallest absolute Gasteiger partial charge is 0.142 e. The molecule has 1 aromatic heterocycles. The molecule has 108 valence electrons. The minimum atomic E-state index is 0.645. The van der Waals surface area contributed by atoms with Crippen molar-refractivity contribution in [2.45, 2.75) is 20.4 Å². The normalized spacial score (nSPS) is 10.3. The minimum Gasteiger partial charge on any atom is -0.494 e. The van der Waals surface area contributed by atoms with E-state index in [-0.39, 0.29) is 0 Å². The maximum Gasteiger partial charge on any atom is 0.142 e. The monoisotopic (exact) mass is 355 g/mol. The van der Waals surface area contributed by atoms with Crippen LogP contribution in [0.2, 0.25) is 0 Å². The van der Waals surface area contributed by atoms with Crippen LogP contribution in [0.4, 0.5) is 5.69 Å². The van der Waals surface area contributed by atoms with Crippen LogP contribution in [0.25, 0.3) is 0 Å². The summed E-state index contributed by atoms with van der Waals surface area (Å²) in [4.78, 5) is 0. The number of hydrogen-bond donors (Lipinski definition) is 1. The zero-order chi connectivity index (χ0) is 14.4. The van der Waals surface area contributed by atoms with Crippen molar-refractivity contribution in [2.75, 3.05) is 18.5 Å². The van der Waals surface area contributed by atoms with Crippen LogP contribution in [-0.2, 0) is 6.54 Å². The molecule has 1 aromatic carbocycles. The van der Waals surface area contributed by atoms with Gasteiger partial charge in [0.25, 0.3) is 0 Å². The number of nitrogens with one attached hydrogen (secondary N) is 1. The van der Waals surface area contributed by atoms with Crippen molar-refractivity contribution in [3.8, 4) is 11.5 Å². The summed E-state index contributed by atoms with van der Waals surface area (Å²) < 4.78 is 12.3. The topological polar surface area (TPSA) is 30.5 Å². The first-order valence-corrected chi connectivity index (χ1v) is 8.26. The lowest BCUT2D eigenvalue weighted by Gasteiger charge is -2.14. The lowest BCUT2D eigenvalue weighted by molar-refractivity contribution is 0.332. The third kappa shape index (κ3) is 4.15. The number of halogens is 1. The van der Waals surface area contributed by atoms with E-state index in [2.05, 4.69) is 32.7 Å². The van der Waals surface area contributed by atoms with E-state index in [0.29, 0.717) is 13.2 Å². The van der Waals surface area contributed by atoms with Gasteiger partial charge in [0.2, 0.25) is 0 Å². The summed E-state index contributed by atoms with van der Waals surface area (Å²) in [7, 11) is 0. The molecule has 0 aliphatic carbocycles. The average molecular weight is 356 g/mol. The van der Waals surface area contributed by atoms with Crippen molar-refractivity contribution in [2.24, 2.45) is 0 Å². The number of rotatable bonds is 7. The molecule has 1 heterocycles. The van der Waals surface area contributed by atoms with Crippen LogP contribution in [0.1, 0.15) is 19.4 Å². The Balaban J connectivity index is 2.11. The van der Waals surface area contributed by atoms with Gasteiger partial charge in [-0.3, -0.25) is 0 Å². The SMILES string of the molecule is CCOc1ccc(OCC)c(NCc2csc(Br)c2)c1. The van der Waals surface area contributed by atoms with Crippen LogP contribution < -0.4 is 14.8 Å². The first kappa shape index (κ1) is 15.2. The first-order valence-electron chi connectivity index (χ1n) is 6.59. The summed E-state index contributed by atoms with van der Waals surface area (Å²) in [6.45, 7) is 6.03. The van der Waals surface area contributed by atoms with Crippen molar-refractivity contribution < 1.29 is 9.47 Å². The van der Waals surface area contributed by atoms with Gasteiger partial charge in [-0.2, -0.15) is 0 Å². The molecule has 0 fully saturated rings. The van der Waals surface area contributed by atoms with E-state index in [1.54, 1.807) is 11.3 Å². The number of anilines is 1. The van der Waals surface area contributed by atoms with Crippen LogP contribution in [0.5, 0.6) is 11.5 Å². The van der Waals surface area contributed by atoms with Crippen molar-refractivity contribution in [3.05, 3.63) is 39.0 Å². The molecule has 3 nitrogen and oxygen atoms in total. The van der Waals surface area contributed by atoms with Gasteiger partial charge in [-0.15, -0.1) is 11.3 Å². The van der Waals surface area contributed by atoms with Gasteiger partial charge in [-0.05, 0) is 58.9 Å². The molecule has 0 spiro atoms. The Morgan fingerprint density at radius 3 is 2.60 bits per heavy atom. The van der Waals surface area contributed by atoms with E-state index >= 15 is 0 Å². The summed E-state index contributed by atoms with van der Waals surface area (Å²) in [5.41, 5.74) is 2.20. The van der Waals surface area contributed by atoms with E-state index in [9.17, 15) is 0 Å². The molecule has 0 radical (unpaired) electrons. The highest BCUT2D eigenvalue weighted by Gasteiger charge is 2.06. The minimum absolute atomic E-state index is 0.645. The van der Waals surface area contributed by atoms with E-state index < -0.39 is 0 Å². The third-order valence-electron chi connectivity index (χ3n) is 2.67. The Hall–Kier alpha value is -1.20. The highest BCUT2D eigenvalue weighted by atomic mass is 79.9. The molecule has 0 unspecified atom stereocenters. The Kier molecular flexibility index (Phi) is 5.73. The molecular weight excluding hydrogens is 338 g/mol. The van der Waals surface area contributed by atoms with E-state index in [0.717, 1.165) is 27.5 Å². The molecule has 0 bridgehead atoms. The highest BCUT2D eigenvalue weighted by molar-refractivity contribution is 9.11. The fourth-order valence-corrected chi connectivity index (χ4v) is 3.03. The van der Waals surface area contributed by atoms with Crippen LogP contribution in [0.15, 0.2) is 33.4 Å². The van der Waals surface area contributed by atoms with Crippen LogP contribution in [0, 0.1) is 0 Å². The molecule has 0 saturated carbocycles. The molecule has 0 amide bonds. The van der Waals surface area contributed by atoms with E-state index in [1.807, 2.05) is 32.0 Å². The summed E-state index contributed by atoms with van der Waals surface area (Å²) in [6, 6.07) is 7.97. The van der Waals surface area contributed by atoms with E-state index in [4.69, 9.17) is 9.47 Å². The van der Waals surface area contributed by atoms with Crippen LogP contribution in [-0.4, -0.2) is 13.2 Å². The number of benzene rings is 1. The summed E-state index contributed by atoms with van der Waals surface area (Å²) in [5.74, 6) is 1.70. The van der Waals surface area contributed by atoms with Gasteiger partial charge >= 0.3 is 0 Å². The second-order valence-electron chi connectivity index (χ2n) is 4.14. The summed E-state index contributed by atoms with van der Waals surface area (Å²) >= 11 is 5.16. The summed E-state index contributed by atoms with van der Waals surface area (Å²) in [6.07, 6.45) is 0. The maximum absolute atomic E-state index is 5.64. The average Bonchev–Trinajstić information content (AvgIpc) is 2.85. The standard InChI is InChI=1S/C15H18BrNO2S/c1-3-18-12-5-6-14(19-4-2)13(8-12)17-9-11-7-15(16)20-10-11/h5-8,10,17H,3-4,9H2,1-2H3. The van der Waals surface area contributed by atoms with Gasteiger partial charge in [0.05, 0.1) is 22.7 Å². The molecule has 5 heteroatoms. The molecule has 20 heavy (non-hydrogen) atoms. The molecule has 0 atom stereocenters. The zero-order valence-corrected chi connectivity index (χ0v) is 14.0. The van der Waals surface area contributed by atoms with Gasteiger partial charge in [-0.1, -0.05) is 0 Å². The van der Waals surface area contributed by atoms with Crippen molar-refractivity contribution in [1.29, 1.82) is 0 Å². The van der Waals surface area contributed by atoms with Crippen molar-refractivity contribution >= 4 is 33.0 Å². The van der Waals surface area contributed by atoms with Gasteiger partial charge in [0.15, 0.2) is 0 Å². The zero-order valence-electron chi connectivity index (χ0n) is 11.6. The molecule has 1 N–H and O–H groups in total. The first-order chi connectivity index (χ1) is 9.72. The van der Waals surface area contributed by atoms with Gasteiger partial charge in [0, 0.05) is 12.6 Å². The van der Waals surface area contributed by atoms with Crippen molar-refractivity contribution in [1.82, 2.24) is 0 Å². The largest absolute Gasteiger partial charge is 0.494 e. The Labute approximate surface area is 132 Å².